The Labute approximate surface area is 113 Å². The van der Waals surface area contributed by atoms with Gasteiger partial charge in [0.1, 0.15) is 0 Å². The zero-order valence-corrected chi connectivity index (χ0v) is 12.3. The molecule has 0 aromatic carbocycles. The minimum atomic E-state index is 0.771. The Hall–Kier alpha value is -0.120. The minimum absolute atomic E-state index is 0.771. The van der Waals surface area contributed by atoms with Crippen LogP contribution in [0.15, 0.2) is 0 Å². The predicted octanol–water partition coefficient (Wildman–Crippen LogP) is 1.93. The van der Waals surface area contributed by atoms with Crippen LogP contribution in [0, 0.1) is 0 Å². The number of nitrogens with zero attached hydrogens (tertiary/aromatic N) is 2. The molecule has 0 bridgehead atoms. The molecule has 1 atom stereocenters. The molecule has 1 saturated heterocycles. The molecule has 1 N–H and O–H groups in total. The number of likely N-dealkylation sites (N-methyl/N-ethyl adjacent to an activating group) is 1. The first-order valence-electron chi connectivity index (χ1n) is 7.90. The summed E-state index contributed by atoms with van der Waals surface area (Å²) < 4.78 is 0. The Kier molecular flexibility index (Phi) is 5.93. The van der Waals surface area contributed by atoms with Crippen molar-refractivity contribution in [3.05, 3.63) is 0 Å². The smallest absolute Gasteiger partial charge is 0.0238 e. The highest BCUT2D eigenvalue weighted by molar-refractivity contribution is 4.86. The van der Waals surface area contributed by atoms with Crippen LogP contribution in [-0.2, 0) is 0 Å². The first kappa shape index (κ1) is 14.3. The Morgan fingerprint density at radius 2 is 1.83 bits per heavy atom. The van der Waals surface area contributed by atoms with Crippen LogP contribution in [0.25, 0.3) is 0 Å². The normalized spacial score (nSPS) is 29.3. The van der Waals surface area contributed by atoms with Gasteiger partial charge in [0.2, 0.25) is 0 Å². The molecule has 0 aromatic rings. The molecule has 0 radical (unpaired) electrons. The molecule has 18 heavy (non-hydrogen) atoms. The van der Waals surface area contributed by atoms with Crippen LogP contribution in [0.2, 0.25) is 0 Å². The second-order valence-corrected chi connectivity index (χ2v) is 6.19. The summed E-state index contributed by atoms with van der Waals surface area (Å²) in [6.45, 7) is 5.02. The third kappa shape index (κ3) is 3.94. The van der Waals surface area contributed by atoms with Gasteiger partial charge in [0.05, 0.1) is 0 Å². The van der Waals surface area contributed by atoms with Crippen molar-refractivity contribution in [1.82, 2.24) is 15.1 Å². The van der Waals surface area contributed by atoms with Crippen molar-refractivity contribution in [3.63, 3.8) is 0 Å². The van der Waals surface area contributed by atoms with Gasteiger partial charge >= 0.3 is 0 Å². The second-order valence-electron chi connectivity index (χ2n) is 6.19. The summed E-state index contributed by atoms with van der Waals surface area (Å²) in [6.07, 6.45) is 9.91. The van der Waals surface area contributed by atoms with E-state index in [2.05, 4.69) is 29.2 Å². The van der Waals surface area contributed by atoms with Gasteiger partial charge in [0.25, 0.3) is 0 Å². The number of hydrogen-bond donors (Lipinski definition) is 1. The third-order valence-corrected chi connectivity index (χ3v) is 4.72. The van der Waals surface area contributed by atoms with E-state index in [0.717, 1.165) is 18.6 Å². The fourth-order valence-corrected chi connectivity index (χ4v) is 3.72. The fourth-order valence-electron chi connectivity index (χ4n) is 3.72. The highest BCUT2D eigenvalue weighted by atomic mass is 15.3. The van der Waals surface area contributed by atoms with Crippen molar-refractivity contribution in [3.8, 4) is 0 Å². The van der Waals surface area contributed by atoms with Gasteiger partial charge in [0, 0.05) is 18.6 Å². The van der Waals surface area contributed by atoms with E-state index in [1.165, 1.54) is 64.6 Å². The van der Waals surface area contributed by atoms with Gasteiger partial charge in [-0.2, -0.15) is 0 Å². The Bertz CT molecular complexity index is 226. The molecule has 3 nitrogen and oxygen atoms in total. The van der Waals surface area contributed by atoms with Gasteiger partial charge in [-0.05, 0) is 59.4 Å². The van der Waals surface area contributed by atoms with Crippen molar-refractivity contribution in [1.29, 1.82) is 0 Å². The lowest BCUT2D eigenvalue weighted by Gasteiger charge is -2.39. The van der Waals surface area contributed by atoms with E-state index >= 15 is 0 Å². The van der Waals surface area contributed by atoms with Crippen molar-refractivity contribution in [2.45, 2.75) is 57.0 Å². The lowest BCUT2D eigenvalue weighted by molar-refractivity contribution is 0.0986. The van der Waals surface area contributed by atoms with E-state index in [4.69, 9.17) is 0 Å². The summed E-state index contributed by atoms with van der Waals surface area (Å²) in [4.78, 5) is 5.39. The van der Waals surface area contributed by atoms with Crippen molar-refractivity contribution in [2.24, 2.45) is 0 Å². The predicted molar refractivity (Wildman–Crippen MR) is 78.0 cm³/mol. The van der Waals surface area contributed by atoms with E-state index in [1.54, 1.807) is 0 Å². The van der Waals surface area contributed by atoms with Gasteiger partial charge in [-0.3, -0.25) is 4.90 Å². The summed E-state index contributed by atoms with van der Waals surface area (Å²) in [6, 6.07) is 1.65. The molecule has 0 amide bonds. The summed E-state index contributed by atoms with van der Waals surface area (Å²) >= 11 is 0. The summed E-state index contributed by atoms with van der Waals surface area (Å²) in [5.41, 5.74) is 0. The van der Waals surface area contributed by atoms with E-state index in [1.807, 2.05) is 0 Å². The molecule has 2 fully saturated rings. The van der Waals surface area contributed by atoms with Crippen molar-refractivity contribution < 1.29 is 0 Å². The standard InChI is InChI=1S/C15H31N3/c1-16-10-9-15-13-17(2)11-6-12-18(15)14-7-4-3-5-8-14/h14-16H,3-13H2,1-2H3. The van der Waals surface area contributed by atoms with Gasteiger partial charge in [-0.1, -0.05) is 19.3 Å². The van der Waals surface area contributed by atoms with Crippen LogP contribution in [0.4, 0.5) is 0 Å². The second kappa shape index (κ2) is 7.46. The first-order chi connectivity index (χ1) is 8.81. The maximum absolute atomic E-state index is 3.33. The molecule has 0 spiro atoms. The van der Waals surface area contributed by atoms with Crippen LogP contribution >= 0.6 is 0 Å². The van der Waals surface area contributed by atoms with Gasteiger partial charge < -0.3 is 10.2 Å². The molecule has 2 aliphatic rings. The Morgan fingerprint density at radius 1 is 1.06 bits per heavy atom. The topological polar surface area (TPSA) is 18.5 Å². The maximum Gasteiger partial charge on any atom is 0.0238 e. The maximum atomic E-state index is 3.33. The zero-order valence-electron chi connectivity index (χ0n) is 12.3. The lowest BCUT2D eigenvalue weighted by Crippen LogP contribution is -2.47. The number of hydrogen-bond acceptors (Lipinski definition) is 3. The van der Waals surface area contributed by atoms with E-state index in [0.29, 0.717) is 0 Å². The molecule has 1 saturated carbocycles. The average molecular weight is 253 g/mol. The summed E-state index contributed by atoms with van der Waals surface area (Å²) in [5.74, 6) is 0. The molecule has 0 aromatic heterocycles. The van der Waals surface area contributed by atoms with Crippen LogP contribution < -0.4 is 5.32 Å². The first-order valence-corrected chi connectivity index (χ1v) is 7.90. The van der Waals surface area contributed by atoms with Crippen molar-refractivity contribution >= 4 is 0 Å². The molecule has 106 valence electrons. The number of rotatable bonds is 4. The Morgan fingerprint density at radius 3 is 2.56 bits per heavy atom. The third-order valence-electron chi connectivity index (χ3n) is 4.72. The van der Waals surface area contributed by atoms with Crippen LogP contribution in [0.1, 0.15) is 44.9 Å². The van der Waals surface area contributed by atoms with Gasteiger partial charge in [-0.15, -0.1) is 0 Å². The number of nitrogens with one attached hydrogen (secondary N) is 1. The minimum Gasteiger partial charge on any atom is -0.320 e. The molecule has 1 unspecified atom stereocenters. The summed E-state index contributed by atoms with van der Waals surface area (Å²) in [7, 11) is 4.36. The molecule has 1 aliphatic heterocycles. The monoisotopic (exact) mass is 253 g/mol. The largest absolute Gasteiger partial charge is 0.320 e. The van der Waals surface area contributed by atoms with Gasteiger partial charge in [-0.25, -0.2) is 0 Å². The molecular weight excluding hydrogens is 222 g/mol. The molecule has 2 rings (SSSR count). The molecule has 1 aliphatic carbocycles. The van der Waals surface area contributed by atoms with Crippen LogP contribution in [-0.4, -0.2) is 62.2 Å². The van der Waals surface area contributed by atoms with E-state index in [9.17, 15) is 0 Å². The molecule has 3 heteroatoms. The van der Waals surface area contributed by atoms with Crippen LogP contribution in [0.5, 0.6) is 0 Å². The van der Waals surface area contributed by atoms with E-state index in [-0.39, 0.29) is 0 Å². The van der Waals surface area contributed by atoms with Crippen molar-refractivity contribution in [2.75, 3.05) is 40.3 Å². The van der Waals surface area contributed by atoms with E-state index < -0.39 is 0 Å². The average Bonchev–Trinajstić information content (AvgIpc) is 2.59. The fraction of sp³-hybridized carbons (Fsp3) is 1.00. The quantitative estimate of drug-likeness (QED) is 0.826. The SMILES string of the molecule is CNCCC1CN(C)CCCN1C1CCCCC1. The highest BCUT2D eigenvalue weighted by Crippen LogP contribution is 2.26. The molecule has 1 heterocycles. The van der Waals surface area contributed by atoms with Gasteiger partial charge in [0.15, 0.2) is 0 Å². The molecular formula is C15H31N3. The Balaban J connectivity index is 1.96. The summed E-state index contributed by atoms with van der Waals surface area (Å²) in [5, 5.41) is 3.33. The zero-order chi connectivity index (χ0) is 12.8. The van der Waals surface area contributed by atoms with Crippen LogP contribution in [0.3, 0.4) is 0 Å². The highest BCUT2D eigenvalue weighted by Gasteiger charge is 2.29. The lowest BCUT2D eigenvalue weighted by atomic mass is 9.92.